The summed E-state index contributed by atoms with van der Waals surface area (Å²) in [5.41, 5.74) is 2.02. The normalized spacial score (nSPS) is 11.2. The van der Waals surface area contributed by atoms with Crippen molar-refractivity contribution in [2.75, 3.05) is 14.2 Å². The van der Waals surface area contributed by atoms with Crippen LogP contribution in [0.3, 0.4) is 0 Å². The topological polar surface area (TPSA) is 61.5 Å². The molecule has 0 aliphatic rings. The number of ether oxygens (including phenoxy) is 2. The van der Waals surface area contributed by atoms with Crippen LogP contribution >= 0.6 is 39.3 Å². The second-order valence-corrected chi connectivity index (χ2v) is 8.59. The lowest BCUT2D eigenvalue weighted by molar-refractivity contribution is 0.353. The van der Waals surface area contributed by atoms with Gasteiger partial charge in [0, 0.05) is 17.2 Å². The van der Waals surface area contributed by atoms with Gasteiger partial charge in [-0.1, -0.05) is 42.4 Å². The Labute approximate surface area is 193 Å². The highest BCUT2D eigenvalue weighted by molar-refractivity contribution is 9.10. The smallest absolute Gasteiger partial charge is 0.212 e. The monoisotopic (exact) mass is 508 g/mol. The van der Waals surface area contributed by atoms with Crippen LogP contribution in [0.4, 0.5) is 0 Å². The number of thioether (sulfide) groups is 1. The summed E-state index contributed by atoms with van der Waals surface area (Å²) >= 11 is 11.1. The van der Waals surface area contributed by atoms with Crippen LogP contribution in [0, 0.1) is 0 Å². The standard InChI is InChI=1S/C21H22BrClN4O2S/c1-4-5-19-25-26-21(30-13-14-6-8-16(23)9-7-14)27(19)24-12-15-10-17(22)20(29-3)18(11-15)28-2/h6-12H,4-5,13H2,1-3H3/b24-12+. The molecular formula is C21H22BrClN4O2S. The van der Waals surface area contributed by atoms with Crippen molar-refractivity contribution < 1.29 is 9.47 Å². The van der Waals surface area contributed by atoms with Crippen LogP contribution in [-0.4, -0.2) is 35.3 Å². The lowest BCUT2D eigenvalue weighted by Crippen LogP contribution is -2.01. The van der Waals surface area contributed by atoms with E-state index in [9.17, 15) is 0 Å². The molecule has 2 aromatic carbocycles. The first-order valence-corrected chi connectivity index (χ1v) is 11.5. The van der Waals surface area contributed by atoms with Gasteiger partial charge in [0.25, 0.3) is 0 Å². The Morgan fingerprint density at radius 2 is 1.93 bits per heavy atom. The Kier molecular flexibility index (Phi) is 8.18. The molecule has 9 heteroatoms. The molecule has 1 aromatic heterocycles. The van der Waals surface area contributed by atoms with Crippen molar-refractivity contribution in [3.8, 4) is 11.5 Å². The van der Waals surface area contributed by atoms with E-state index >= 15 is 0 Å². The molecule has 0 unspecified atom stereocenters. The summed E-state index contributed by atoms with van der Waals surface area (Å²) in [4.78, 5) is 0. The molecule has 158 valence electrons. The van der Waals surface area contributed by atoms with Gasteiger partial charge in [-0.3, -0.25) is 0 Å². The van der Waals surface area contributed by atoms with Crippen molar-refractivity contribution >= 4 is 45.5 Å². The highest BCUT2D eigenvalue weighted by atomic mass is 79.9. The molecule has 1 heterocycles. The van der Waals surface area contributed by atoms with Crippen molar-refractivity contribution in [1.82, 2.24) is 14.9 Å². The van der Waals surface area contributed by atoms with E-state index in [4.69, 9.17) is 21.1 Å². The molecule has 3 aromatic rings. The van der Waals surface area contributed by atoms with E-state index in [1.54, 1.807) is 36.9 Å². The van der Waals surface area contributed by atoms with Crippen LogP contribution in [0.5, 0.6) is 11.5 Å². The Morgan fingerprint density at radius 1 is 1.17 bits per heavy atom. The van der Waals surface area contributed by atoms with E-state index in [-0.39, 0.29) is 0 Å². The van der Waals surface area contributed by atoms with Gasteiger partial charge in [0.1, 0.15) is 0 Å². The molecule has 0 amide bonds. The maximum atomic E-state index is 5.97. The molecule has 6 nitrogen and oxygen atoms in total. The maximum Gasteiger partial charge on any atom is 0.212 e. The molecule has 0 fully saturated rings. The van der Waals surface area contributed by atoms with Gasteiger partial charge in [-0.2, -0.15) is 9.78 Å². The molecule has 0 bridgehead atoms. The zero-order chi connectivity index (χ0) is 21.5. The summed E-state index contributed by atoms with van der Waals surface area (Å²) in [7, 11) is 3.21. The van der Waals surface area contributed by atoms with Crippen molar-refractivity contribution in [3.63, 3.8) is 0 Å². The van der Waals surface area contributed by atoms with E-state index in [1.165, 1.54) is 0 Å². The van der Waals surface area contributed by atoms with Gasteiger partial charge < -0.3 is 9.47 Å². The summed E-state index contributed by atoms with van der Waals surface area (Å²) in [6.45, 7) is 2.11. The van der Waals surface area contributed by atoms with Crippen molar-refractivity contribution in [1.29, 1.82) is 0 Å². The molecule has 0 aliphatic carbocycles. The number of aryl methyl sites for hydroxylation is 1. The van der Waals surface area contributed by atoms with E-state index in [2.05, 4.69) is 38.2 Å². The molecule has 0 N–H and O–H groups in total. The number of aromatic nitrogens is 3. The second kappa shape index (κ2) is 10.8. The largest absolute Gasteiger partial charge is 0.493 e. The minimum atomic E-state index is 0.628. The summed E-state index contributed by atoms with van der Waals surface area (Å²) in [5.74, 6) is 2.85. The van der Waals surface area contributed by atoms with Gasteiger partial charge in [0.15, 0.2) is 17.3 Å². The minimum Gasteiger partial charge on any atom is -0.493 e. The van der Waals surface area contributed by atoms with E-state index < -0.39 is 0 Å². The predicted octanol–water partition coefficient (Wildman–Crippen LogP) is 5.84. The molecule has 0 aliphatic heterocycles. The van der Waals surface area contributed by atoms with E-state index in [1.807, 2.05) is 36.4 Å². The van der Waals surface area contributed by atoms with Crippen LogP contribution < -0.4 is 9.47 Å². The van der Waals surface area contributed by atoms with Crippen LogP contribution in [0.25, 0.3) is 0 Å². The zero-order valence-electron chi connectivity index (χ0n) is 16.9. The third-order valence-electron chi connectivity index (χ3n) is 4.21. The number of benzene rings is 2. The van der Waals surface area contributed by atoms with E-state index in [0.29, 0.717) is 11.5 Å². The highest BCUT2D eigenvalue weighted by Crippen LogP contribution is 2.36. The minimum absolute atomic E-state index is 0.628. The first-order valence-electron chi connectivity index (χ1n) is 9.33. The van der Waals surface area contributed by atoms with Crippen LogP contribution in [0.1, 0.15) is 30.3 Å². The Morgan fingerprint density at radius 3 is 2.60 bits per heavy atom. The van der Waals surface area contributed by atoms with Crippen molar-refractivity contribution in [2.24, 2.45) is 5.10 Å². The average Bonchev–Trinajstić information content (AvgIpc) is 3.13. The fourth-order valence-corrected chi connectivity index (χ4v) is 4.36. The van der Waals surface area contributed by atoms with Gasteiger partial charge in [-0.25, -0.2) is 0 Å². The average molecular weight is 510 g/mol. The van der Waals surface area contributed by atoms with E-state index in [0.717, 1.165) is 50.2 Å². The summed E-state index contributed by atoms with van der Waals surface area (Å²) in [6, 6.07) is 11.6. The molecular weight excluding hydrogens is 488 g/mol. The fraction of sp³-hybridized carbons (Fsp3) is 0.286. The molecule has 3 rings (SSSR count). The molecule has 30 heavy (non-hydrogen) atoms. The molecule has 0 radical (unpaired) electrons. The van der Waals surface area contributed by atoms with Gasteiger partial charge >= 0.3 is 0 Å². The third-order valence-corrected chi connectivity index (χ3v) is 6.04. The van der Waals surface area contributed by atoms with Crippen LogP contribution in [0.15, 0.2) is 51.1 Å². The Hall–Kier alpha value is -2.03. The number of hydrogen-bond donors (Lipinski definition) is 0. The maximum absolute atomic E-state index is 5.97. The SMILES string of the molecule is CCCc1nnc(SCc2ccc(Cl)cc2)n1/N=C/c1cc(Br)c(OC)c(OC)c1. The van der Waals surface area contributed by atoms with Crippen LogP contribution in [0.2, 0.25) is 5.02 Å². The lowest BCUT2D eigenvalue weighted by Gasteiger charge is -2.10. The summed E-state index contributed by atoms with van der Waals surface area (Å²) < 4.78 is 13.4. The fourth-order valence-electron chi connectivity index (χ4n) is 2.75. The zero-order valence-corrected chi connectivity index (χ0v) is 20.1. The third kappa shape index (κ3) is 5.56. The van der Waals surface area contributed by atoms with Gasteiger partial charge in [0.2, 0.25) is 5.16 Å². The number of rotatable bonds is 9. The lowest BCUT2D eigenvalue weighted by atomic mass is 10.2. The molecule has 0 spiro atoms. The second-order valence-electron chi connectivity index (χ2n) is 6.36. The van der Waals surface area contributed by atoms with Gasteiger partial charge in [-0.05, 0) is 57.7 Å². The molecule has 0 saturated heterocycles. The first-order chi connectivity index (χ1) is 14.5. The van der Waals surface area contributed by atoms with Crippen molar-refractivity contribution in [3.05, 3.63) is 62.8 Å². The first kappa shape index (κ1) is 22.7. The summed E-state index contributed by atoms with van der Waals surface area (Å²) in [5, 5.41) is 14.8. The molecule has 0 saturated carbocycles. The molecule has 0 atom stereocenters. The Balaban J connectivity index is 1.86. The number of nitrogens with zero attached hydrogens (tertiary/aromatic N) is 4. The van der Waals surface area contributed by atoms with Crippen molar-refractivity contribution in [2.45, 2.75) is 30.7 Å². The quantitative estimate of drug-likeness (QED) is 0.268. The number of halogens is 2. The highest BCUT2D eigenvalue weighted by Gasteiger charge is 2.13. The number of methoxy groups -OCH3 is 2. The summed E-state index contributed by atoms with van der Waals surface area (Å²) in [6.07, 6.45) is 3.51. The predicted molar refractivity (Wildman–Crippen MR) is 125 cm³/mol. The van der Waals surface area contributed by atoms with Crippen LogP contribution in [-0.2, 0) is 12.2 Å². The number of hydrogen-bond acceptors (Lipinski definition) is 6. The van der Waals surface area contributed by atoms with Gasteiger partial charge in [0.05, 0.1) is 24.9 Å². The Bertz CT molecular complexity index is 1020. The van der Waals surface area contributed by atoms with Gasteiger partial charge in [-0.15, -0.1) is 10.2 Å².